The van der Waals surface area contributed by atoms with Crippen LogP contribution in [-0.2, 0) is 20.0 Å². The molecule has 0 saturated heterocycles. The quantitative estimate of drug-likeness (QED) is 0.861. The van der Waals surface area contributed by atoms with E-state index in [-0.39, 0.29) is 20.9 Å². The highest BCUT2D eigenvalue weighted by Gasteiger charge is 2.36. The Morgan fingerprint density at radius 1 is 1.22 bits per heavy atom. The molecule has 18 heavy (non-hydrogen) atoms. The van der Waals surface area contributed by atoms with Crippen molar-refractivity contribution in [1.82, 2.24) is 0 Å². The predicted molar refractivity (Wildman–Crippen MR) is 68.4 cm³/mol. The van der Waals surface area contributed by atoms with E-state index in [2.05, 4.69) is 4.72 Å². The Labute approximate surface area is 110 Å². The number of anilines is 1. The molecule has 1 aliphatic carbocycles. The fourth-order valence-electron chi connectivity index (χ4n) is 1.37. The first-order valence-electron chi connectivity index (χ1n) is 5.04. The van der Waals surface area contributed by atoms with Gasteiger partial charge in [0.2, 0.25) is 20.0 Å². The molecule has 1 saturated carbocycles. The second-order valence-corrected chi connectivity index (χ2v) is 7.96. The number of primary sulfonamides is 1. The Bertz CT molecular complexity index is 681. The van der Waals surface area contributed by atoms with Gasteiger partial charge in [-0.3, -0.25) is 4.72 Å². The topological polar surface area (TPSA) is 106 Å². The van der Waals surface area contributed by atoms with E-state index < -0.39 is 20.0 Å². The largest absolute Gasteiger partial charge is 0.282 e. The molecule has 0 spiro atoms. The number of nitrogens with one attached hydrogen (secondary N) is 1. The van der Waals surface area contributed by atoms with Gasteiger partial charge in [-0.05, 0) is 31.0 Å². The van der Waals surface area contributed by atoms with E-state index in [1.807, 2.05) is 0 Å². The molecule has 2 rings (SSSR count). The fraction of sp³-hybridized carbons (Fsp3) is 0.333. The maximum atomic E-state index is 11.7. The Morgan fingerprint density at radius 3 is 2.28 bits per heavy atom. The molecular weight excluding hydrogens is 300 g/mol. The average molecular weight is 311 g/mol. The smallest absolute Gasteiger partial charge is 0.238 e. The van der Waals surface area contributed by atoms with Crippen molar-refractivity contribution in [2.45, 2.75) is 23.0 Å². The summed E-state index contributed by atoms with van der Waals surface area (Å²) < 4.78 is 47.9. The van der Waals surface area contributed by atoms with Crippen molar-refractivity contribution in [2.24, 2.45) is 5.14 Å². The van der Waals surface area contributed by atoms with E-state index in [4.69, 9.17) is 16.7 Å². The summed E-state index contributed by atoms with van der Waals surface area (Å²) in [7, 11) is -7.28. The van der Waals surface area contributed by atoms with Crippen LogP contribution in [0.25, 0.3) is 0 Å². The molecule has 0 heterocycles. The van der Waals surface area contributed by atoms with Gasteiger partial charge in [0.05, 0.1) is 20.9 Å². The zero-order valence-corrected chi connectivity index (χ0v) is 11.5. The lowest BCUT2D eigenvalue weighted by molar-refractivity contribution is 0.597. The van der Waals surface area contributed by atoms with Crippen LogP contribution in [0.15, 0.2) is 23.1 Å². The summed E-state index contributed by atoms with van der Waals surface area (Å²) in [6, 6.07) is 3.59. The second kappa shape index (κ2) is 4.37. The Hall–Kier alpha value is -0.830. The van der Waals surface area contributed by atoms with Crippen LogP contribution in [0.3, 0.4) is 0 Å². The monoisotopic (exact) mass is 310 g/mol. The minimum atomic E-state index is -3.85. The van der Waals surface area contributed by atoms with Gasteiger partial charge < -0.3 is 0 Å². The van der Waals surface area contributed by atoms with Gasteiger partial charge in [0.25, 0.3) is 0 Å². The lowest BCUT2D eigenvalue weighted by Crippen LogP contribution is -2.18. The van der Waals surface area contributed by atoms with Crippen molar-refractivity contribution >= 4 is 37.3 Å². The van der Waals surface area contributed by atoms with Gasteiger partial charge in [-0.25, -0.2) is 22.0 Å². The molecule has 0 amide bonds. The van der Waals surface area contributed by atoms with E-state index in [1.165, 1.54) is 12.1 Å². The molecule has 1 aromatic rings. The van der Waals surface area contributed by atoms with Crippen molar-refractivity contribution in [2.75, 3.05) is 4.72 Å². The molecule has 1 fully saturated rings. The molecule has 6 nitrogen and oxygen atoms in total. The molecule has 9 heteroatoms. The van der Waals surface area contributed by atoms with E-state index in [9.17, 15) is 16.8 Å². The first-order chi connectivity index (χ1) is 8.20. The minimum absolute atomic E-state index is 0.00856. The maximum absolute atomic E-state index is 11.7. The first kappa shape index (κ1) is 13.6. The number of hydrogen-bond acceptors (Lipinski definition) is 4. The van der Waals surface area contributed by atoms with Crippen LogP contribution in [0.5, 0.6) is 0 Å². The molecule has 0 aromatic heterocycles. The van der Waals surface area contributed by atoms with Crippen molar-refractivity contribution in [1.29, 1.82) is 0 Å². The van der Waals surface area contributed by atoms with Crippen molar-refractivity contribution < 1.29 is 16.8 Å². The summed E-state index contributed by atoms with van der Waals surface area (Å²) in [5.41, 5.74) is 0.149. The van der Waals surface area contributed by atoms with Crippen molar-refractivity contribution in [3.63, 3.8) is 0 Å². The third-order valence-electron chi connectivity index (χ3n) is 2.48. The molecule has 1 aromatic carbocycles. The zero-order chi connectivity index (χ0) is 13.6. The molecule has 3 N–H and O–H groups in total. The minimum Gasteiger partial charge on any atom is -0.282 e. The van der Waals surface area contributed by atoms with Crippen LogP contribution >= 0.6 is 11.6 Å². The standard InChI is InChI=1S/C9H11ClN2O4S2/c10-8-5-7(17(11,13)14)3-4-9(8)12-18(15,16)6-1-2-6/h3-6,12H,1-2H2,(H2,11,13,14). The van der Waals surface area contributed by atoms with Gasteiger partial charge in [-0.1, -0.05) is 11.6 Å². The van der Waals surface area contributed by atoms with Crippen LogP contribution in [0.4, 0.5) is 5.69 Å². The second-order valence-electron chi connectivity index (χ2n) is 4.03. The van der Waals surface area contributed by atoms with Crippen LogP contribution in [0, 0.1) is 0 Å². The van der Waals surface area contributed by atoms with E-state index in [0.29, 0.717) is 12.8 Å². The average Bonchev–Trinajstić information content (AvgIpc) is 3.02. The molecular formula is C9H11ClN2O4S2. The Balaban J connectivity index is 2.31. The summed E-state index contributed by atoms with van der Waals surface area (Å²) in [5.74, 6) is 0. The molecule has 0 radical (unpaired) electrons. The maximum Gasteiger partial charge on any atom is 0.238 e. The van der Waals surface area contributed by atoms with Gasteiger partial charge >= 0.3 is 0 Å². The predicted octanol–water partition coefficient (Wildman–Crippen LogP) is 0.892. The number of nitrogens with two attached hydrogens (primary N) is 1. The van der Waals surface area contributed by atoms with Crippen LogP contribution in [0.2, 0.25) is 5.02 Å². The van der Waals surface area contributed by atoms with Crippen LogP contribution in [-0.4, -0.2) is 22.1 Å². The SMILES string of the molecule is NS(=O)(=O)c1ccc(NS(=O)(=O)C2CC2)c(Cl)c1. The van der Waals surface area contributed by atoms with Crippen LogP contribution in [0.1, 0.15) is 12.8 Å². The highest BCUT2D eigenvalue weighted by atomic mass is 35.5. The van der Waals surface area contributed by atoms with Crippen LogP contribution < -0.4 is 9.86 Å². The summed E-state index contributed by atoms with van der Waals surface area (Å²) in [6.45, 7) is 0. The van der Waals surface area contributed by atoms with Gasteiger partial charge in [-0.2, -0.15) is 0 Å². The van der Waals surface area contributed by atoms with Gasteiger partial charge in [-0.15, -0.1) is 0 Å². The number of sulfonamides is 2. The van der Waals surface area contributed by atoms with Gasteiger partial charge in [0.1, 0.15) is 0 Å². The lowest BCUT2D eigenvalue weighted by Gasteiger charge is -2.09. The molecule has 0 atom stereocenters. The van der Waals surface area contributed by atoms with Gasteiger partial charge in [0.15, 0.2) is 0 Å². The Morgan fingerprint density at radius 2 is 1.83 bits per heavy atom. The molecule has 0 bridgehead atoms. The zero-order valence-electron chi connectivity index (χ0n) is 9.13. The molecule has 100 valence electrons. The van der Waals surface area contributed by atoms with E-state index in [1.54, 1.807) is 0 Å². The first-order valence-corrected chi connectivity index (χ1v) is 8.51. The van der Waals surface area contributed by atoms with Crippen molar-refractivity contribution in [3.8, 4) is 0 Å². The van der Waals surface area contributed by atoms with Gasteiger partial charge in [0, 0.05) is 0 Å². The fourth-order valence-corrected chi connectivity index (χ4v) is 3.67. The summed E-state index contributed by atoms with van der Waals surface area (Å²) in [6.07, 6.45) is 1.25. The Kier molecular flexibility index (Phi) is 3.30. The normalized spacial score (nSPS) is 16.6. The van der Waals surface area contributed by atoms with Crippen molar-refractivity contribution in [3.05, 3.63) is 23.2 Å². The molecule has 0 unspecified atom stereocenters. The summed E-state index contributed by atoms with van der Waals surface area (Å²) in [5, 5.41) is 4.54. The number of benzene rings is 1. The third-order valence-corrected chi connectivity index (χ3v) is 5.56. The number of halogens is 1. The highest BCUT2D eigenvalue weighted by molar-refractivity contribution is 7.93. The van der Waals surface area contributed by atoms with E-state index in [0.717, 1.165) is 6.07 Å². The molecule has 1 aliphatic rings. The molecule has 0 aliphatic heterocycles. The summed E-state index contributed by atoms with van der Waals surface area (Å²) in [4.78, 5) is -0.165. The summed E-state index contributed by atoms with van der Waals surface area (Å²) >= 11 is 5.82. The number of rotatable bonds is 4. The number of hydrogen-bond donors (Lipinski definition) is 2. The lowest BCUT2D eigenvalue weighted by atomic mass is 10.3. The third kappa shape index (κ3) is 2.94. The highest BCUT2D eigenvalue weighted by Crippen LogP contribution is 2.32. The van der Waals surface area contributed by atoms with E-state index >= 15 is 0 Å².